The number of aliphatic hydroxyl groups is 1. The molecule has 0 aliphatic heterocycles. The molecular formula is C22H31NO3. The lowest BCUT2D eigenvalue weighted by Crippen LogP contribution is -2.45. The molecule has 0 spiro atoms. The maximum atomic E-state index is 13.3. The molecule has 1 atom stereocenters. The van der Waals surface area contributed by atoms with Gasteiger partial charge in [-0.1, -0.05) is 75.1 Å². The van der Waals surface area contributed by atoms with E-state index in [0.717, 1.165) is 19.3 Å². The molecule has 1 aromatic rings. The van der Waals surface area contributed by atoms with Crippen molar-refractivity contribution in [3.63, 3.8) is 0 Å². The fourth-order valence-corrected chi connectivity index (χ4v) is 3.22. The number of rotatable bonds is 8. The average molecular weight is 369 g/mol. The van der Waals surface area contributed by atoms with Crippen LogP contribution in [0.15, 0.2) is 30.3 Å². The lowest BCUT2D eigenvalue weighted by atomic mass is 9.73. The number of hydrogen-bond donors (Lipinski definition) is 1. The number of carbonyl (C=O) groups excluding carboxylic acids is 1. The first-order chi connectivity index (χ1) is 17.0. The molecule has 4 heteroatoms. The summed E-state index contributed by atoms with van der Waals surface area (Å²) in [4.78, 5) is 13.3. The molecule has 142 valence electrons. The fraction of sp³-hybridized carbons (Fsp3) is 0.591. The van der Waals surface area contributed by atoms with Crippen LogP contribution in [0.5, 0.6) is 0 Å². The van der Waals surface area contributed by atoms with Crippen molar-refractivity contribution in [2.75, 3.05) is 26.1 Å². The van der Waals surface area contributed by atoms with Crippen molar-refractivity contribution < 1.29 is 28.3 Å². The maximum Gasteiger partial charge on any atom is 0.344 e. The fourth-order valence-electron chi connectivity index (χ4n) is 3.22. The first-order valence-electron chi connectivity index (χ1n) is 14.0. The monoisotopic (exact) mass is 368 g/mol. The third-order valence-corrected chi connectivity index (χ3v) is 4.59. The quantitative estimate of drug-likeness (QED) is 0.565. The highest BCUT2D eigenvalue weighted by atomic mass is 16.5. The minimum absolute atomic E-state index is 0.0258. The Hall–Kier alpha value is -1.83. The van der Waals surface area contributed by atoms with E-state index in [-0.39, 0.29) is 10.8 Å². The SMILES string of the molecule is [2H]OC(C(=O)OCC#CCN(C([2H])([2H])C([2H])([2H])[2H])C([2H])([2H])C([2H])([2H])[2H])(c1ccccc1)C1CCCCC1. The van der Waals surface area contributed by atoms with E-state index in [9.17, 15) is 4.79 Å². The van der Waals surface area contributed by atoms with Crippen molar-refractivity contribution in [1.82, 2.24) is 4.90 Å². The minimum atomic E-state index is -3.37. The molecule has 4 nitrogen and oxygen atoms in total. The number of hydrogen-bond acceptors (Lipinski definition) is 4. The van der Waals surface area contributed by atoms with Crippen LogP contribution < -0.4 is 0 Å². The average Bonchev–Trinajstić information content (AvgIpc) is 2.82. The van der Waals surface area contributed by atoms with Crippen molar-refractivity contribution in [3.8, 4) is 11.8 Å². The first-order valence-corrected chi connectivity index (χ1v) is 8.64. The Bertz CT molecular complexity index is 938. The van der Waals surface area contributed by atoms with Gasteiger partial charge in [0, 0.05) is 19.6 Å². The zero-order valence-electron chi connectivity index (χ0n) is 25.6. The van der Waals surface area contributed by atoms with Gasteiger partial charge in [-0.2, -0.15) is 0 Å². The lowest BCUT2D eigenvalue weighted by molar-refractivity contribution is -0.174. The third-order valence-electron chi connectivity index (χ3n) is 4.59. The van der Waals surface area contributed by atoms with E-state index in [0.29, 0.717) is 18.4 Å². The summed E-state index contributed by atoms with van der Waals surface area (Å²) in [6.45, 7) is -14.9. The summed E-state index contributed by atoms with van der Waals surface area (Å²) in [6.07, 6.45) is 4.03. The first kappa shape index (κ1) is 9.92. The predicted molar refractivity (Wildman–Crippen MR) is 103 cm³/mol. The number of nitrogens with zero attached hydrogens (tertiary/aromatic N) is 1. The molecule has 1 saturated carbocycles. The summed E-state index contributed by atoms with van der Waals surface area (Å²) < 4.78 is 89.1. The predicted octanol–water partition coefficient (Wildman–Crippen LogP) is 3.34. The normalized spacial score (nSPS) is 25.5. The Kier molecular flexibility index (Phi) is 3.95. The zero-order valence-corrected chi connectivity index (χ0v) is 14.6. The van der Waals surface area contributed by atoms with E-state index in [1.54, 1.807) is 30.3 Å². The Balaban J connectivity index is 2.26. The molecule has 0 bridgehead atoms. The Morgan fingerprint density at radius 1 is 1.31 bits per heavy atom. The van der Waals surface area contributed by atoms with E-state index < -0.39 is 51.4 Å². The summed E-state index contributed by atoms with van der Waals surface area (Å²) >= 11 is 0. The molecule has 0 radical (unpaired) electrons. The van der Waals surface area contributed by atoms with E-state index in [1.165, 1.54) is 0 Å². The standard InChI is InChI=1S/C22H31NO3/c1-3-23(4-2)17-11-12-18-26-21(24)22(25,19-13-7-5-8-14-19)20-15-9-6-10-16-20/h5,7-8,13-14,20,25H,3-4,6,9-10,15-18H2,1-2H3/i1D3,2D3,3D2,4D2,25D. The van der Waals surface area contributed by atoms with Gasteiger partial charge < -0.3 is 9.85 Å². The second-order valence-corrected chi connectivity index (χ2v) is 6.18. The van der Waals surface area contributed by atoms with Gasteiger partial charge in [-0.25, -0.2) is 4.79 Å². The van der Waals surface area contributed by atoms with Crippen molar-refractivity contribution in [2.45, 2.75) is 51.4 Å². The largest absolute Gasteiger partial charge is 0.450 e. The minimum Gasteiger partial charge on any atom is -0.450 e. The second-order valence-electron chi connectivity index (χ2n) is 6.18. The molecule has 1 aliphatic carbocycles. The van der Waals surface area contributed by atoms with Crippen LogP contribution in [-0.2, 0) is 15.1 Å². The van der Waals surface area contributed by atoms with Gasteiger partial charge in [0.15, 0.2) is 12.2 Å². The summed E-state index contributed by atoms with van der Waals surface area (Å²) in [5, 5.41) is 5.08. The molecule has 1 unspecified atom stereocenters. The zero-order chi connectivity index (χ0) is 28.1. The van der Waals surface area contributed by atoms with Crippen molar-refractivity contribution in [2.24, 2.45) is 5.92 Å². The van der Waals surface area contributed by atoms with Gasteiger partial charge in [-0.05, 0) is 31.4 Å². The molecule has 1 fully saturated rings. The molecule has 1 N–H and O–H groups in total. The molecule has 26 heavy (non-hydrogen) atoms. The van der Waals surface area contributed by atoms with Crippen LogP contribution in [0.2, 0.25) is 0 Å². The lowest BCUT2D eigenvalue weighted by Gasteiger charge is -2.36. The van der Waals surface area contributed by atoms with Gasteiger partial charge in [0.1, 0.15) is 0 Å². The number of carbonyl (C=O) groups is 1. The topological polar surface area (TPSA) is 49.8 Å². The summed E-state index contributed by atoms with van der Waals surface area (Å²) in [6, 6.07) is 8.53. The van der Waals surface area contributed by atoms with Gasteiger partial charge in [-0.15, -0.1) is 0 Å². The summed E-state index contributed by atoms with van der Waals surface area (Å²) in [5.41, 5.74) is -1.23. The number of benzene rings is 1. The second kappa shape index (κ2) is 10.4. The molecule has 0 saturated heterocycles. The van der Waals surface area contributed by atoms with Crippen molar-refractivity contribution >= 4 is 5.97 Å². The smallest absolute Gasteiger partial charge is 0.344 e. The van der Waals surface area contributed by atoms with Crippen LogP contribution in [0.3, 0.4) is 0 Å². The number of esters is 1. The van der Waals surface area contributed by atoms with Gasteiger partial charge in [-0.3, -0.25) is 4.90 Å². The summed E-state index contributed by atoms with van der Waals surface area (Å²) in [7, 11) is 0. The van der Waals surface area contributed by atoms with Crippen molar-refractivity contribution in [1.29, 1.82) is 1.43 Å². The number of ether oxygens (including phenoxy) is 1. The van der Waals surface area contributed by atoms with E-state index in [1.807, 2.05) is 0 Å². The van der Waals surface area contributed by atoms with Gasteiger partial charge >= 0.3 is 5.97 Å². The van der Waals surface area contributed by atoms with Crippen LogP contribution in [0.25, 0.3) is 0 Å². The van der Waals surface area contributed by atoms with E-state index in [2.05, 4.69) is 11.8 Å². The third kappa shape index (κ3) is 5.09. The van der Waals surface area contributed by atoms with Gasteiger partial charge in [0.05, 0.1) is 6.54 Å². The van der Waals surface area contributed by atoms with Crippen LogP contribution in [0.4, 0.5) is 0 Å². The molecule has 2 rings (SSSR count). The molecule has 0 heterocycles. The van der Waals surface area contributed by atoms with Gasteiger partial charge in [0.25, 0.3) is 0 Å². The van der Waals surface area contributed by atoms with Crippen LogP contribution in [0, 0.1) is 17.8 Å². The Morgan fingerprint density at radius 2 is 2.04 bits per heavy atom. The highest BCUT2D eigenvalue weighted by molar-refractivity contribution is 5.81. The Morgan fingerprint density at radius 3 is 2.69 bits per heavy atom. The van der Waals surface area contributed by atoms with Crippen LogP contribution in [-0.4, -0.2) is 43.6 Å². The van der Waals surface area contributed by atoms with Gasteiger partial charge in [0.2, 0.25) is 1.43 Å². The molecule has 0 amide bonds. The van der Waals surface area contributed by atoms with E-state index >= 15 is 0 Å². The van der Waals surface area contributed by atoms with Crippen LogP contribution in [0.1, 0.15) is 65.1 Å². The van der Waals surface area contributed by atoms with Crippen molar-refractivity contribution in [3.05, 3.63) is 35.9 Å². The maximum absolute atomic E-state index is 13.3. The Labute approximate surface area is 173 Å². The summed E-state index contributed by atoms with van der Waals surface area (Å²) in [5.74, 6) is 3.55. The molecule has 1 aliphatic rings. The highest BCUT2D eigenvalue weighted by Gasteiger charge is 2.46. The molecular weight excluding hydrogens is 326 g/mol. The molecule has 0 aromatic heterocycles. The highest BCUT2D eigenvalue weighted by Crippen LogP contribution is 2.40. The van der Waals surface area contributed by atoms with Crippen LogP contribution >= 0.6 is 0 Å². The molecule has 1 aromatic carbocycles. The van der Waals surface area contributed by atoms with E-state index in [4.69, 9.17) is 25.0 Å².